The topological polar surface area (TPSA) is 124 Å². The number of phenolic OH excluding ortho intramolecular Hbond substituents is 1. The van der Waals surface area contributed by atoms with Gasteiger partial charge in [0.2, 0.25) is 5.88 Å². The van der Waals surface area contributed by atoms with Crippen molar-refractivity contribution in [2.24, 2.45) is 18.4 Å². The summed E-state index contributed by atoms with van der Waals surface area (Å²) in [6, 6.07) is 16.6. The number of carbonyl (C=O) groups excluding carboxylic acids is 1. The normalized spacial score (nSPS) is 26.2. The number of nitrogens with zero attached hydrogens (tertiary/aromatic N) is 4. The van der Waals surface area contributed by atoms with Crippen molar-refractivity contribution in [1.29, 1.82) is 0 Å². The molecule has 1 spiro atoms. The van der Waals surface area contributed by atoms with Crippen molar-refractivity contribution in [3.05, 3.63) is 89.1 Å². The van der Waals surface area contributed by atoms with E-state index in [0.717, 1.165) is 86.0 Å². The summed E-state index contributed by atoms with van der Waals surface area (Å²) in [6.45, 7) is 6.56. The van der Waals surface area contributed by atoms with Gasteiger partial charge in [0.15, 0.2) is 5.78 Å². The highest BCUT2D eigenvalue weighted by molar-refractivity contribution is 6.04. The molecular formula is C39H45FN6O4. The van der Waals surface area contributed by atoms with Crippen LogP contribution in [-0.4, -0.2) is 75.0 Å². The molecule has 4 fully saturated rings. The molecular weight excluding hydrogens is 635 g/mol. The number of carbonyl (C=O) groups is 1. The lowest BCUT2D eigenvalue weighted by Crippen LogP contribution is -2.35. The maximum Gasteiger partial charge on any atom is 0.230 e. The smallest absolute Gasteiger partial charge is 0.230 e. The number of phenols is 1. The summed E-state index contributed by atoms with van der Waals surface area (Å²) >= 11 is 0. The third kappa shape index (κ3) is 6.92. The Labute approximate surface area is 292 Å². The number of nitrogens with one attached hydrogen (secondary N) is 2. The molecule has 11 heteroatoms. The monoisotopic (exact) mass is 680 g/mol. The van der Waals surface area contributed by atoms with Crippen molar-refractivity contribution in [3.63, 3.8) is 0 Å². The molecule has 4 aromatic rings. The van der Waals surface area contributed by atoms with Gasteiger partial charge in [0.05, 0.1) is 36.7 Å². The number of rotatable bonds is 11. The number of halogens is 1. The van der Waals surface area contributed by atoms with Crippen LogP contribution in [0.25, 0.3) is 11.1 Å². The molecule has 50 heavy (non-hydrogen) atoms. The Balaban J connectivity index is 0.912. The second kappa shape index (κ2) is 13.5. The van der Waals surface area contributed by atoms with Crippen LogP contribution in [0.15, 0.2) is 60.8 Å². The van der Waals surface area contributed by atoms with E-state index < -0.39 is 5.82 Å². The van der Waals surface area contributed by atoms with Gasteiger partial charge in [-0.25, -0.2) is 9.37 Å². The Kier molecular flexibility index (Phi) is 8.93. The van der Waals surface area contributed by atoms with E-state index in [-0.39, 0.29) is 35.1 Å². The highest BCUT2D eigenvalue weighted by Gasteiger charge is 2.64. The summed E-state index contributed by atoms with van der Waals surface area (Å²) in [6.07, 6.45) is 6.76. The summed E-state index contributed by atoms with van der Waals surface area (Å²) in [5.41, 5.74) is 5.55. The number of hydrogen-bond donors (Lipinski definition) is 3. The van der Waals surface area contributed by atoms with Crippen LogP contribution in [0, 0.1) is 24.1 Å². The number of benzene rings is 2. The molecule has 8 rings (SSSR count). The molecule has 262 valence electrons. The van der Waals surface area contributed by atoms with Gasteiger partial charge in [-0.15, -0.1) is 0 Å². The Bertz CT molecular complexity index is 1860. The number of aromatic nitrogens is 3. The fourth-order valence-corrected chi connectivity index (χ4v) is 8.25. The Morgan fingerprint density at radius 2 is 1.96 bits per heavy atom. The van der Waals surface area contributed by atoms with Crippen molar-refractivity contribution in [1.82, 2.24) is 30.3 Å². The number of morpholine rings is 1. The van der Waals surface area contributed by atoms with E-state index in [1.165, 1.54) is 6.07 Å². The van der Waals surface area contributed by atoms with Gasteiger partial charge < -0.3 is 25.2 Å². The van der Waals surface area contributed by atoms with Gasteiger partial charge in [0.25, 0.3) is 0 Å². The number of pyridine rings is 1. The first-order valence-corrected chi connectivity index (χ1v) is 17.8. The SMILES string of the molecule is Cc1cc(CNC2CCC3(CC2)CC3C2NC2C(=O)c2cc(F)cnc2Oc2cccc(-c3ccc(O)cc3CN3CCOCC3)c2)nn1C. The number of ether oxygens (including phenoxy) is 2. The van der Waals surface area contributed by atoms with Gasteiger partial charge >= 0.3 is 0 Å². The minimum atomic E-state index is -0.571. The molecule has 4 aliphatic rings. The van der Waals surface area contributed by atoms with Crippen LogP contribution < -0.4 is 15.4 Å². The van der Waals surface area contributed by atoms with Crippen molar-refractivity contribution < 1.29 is 23.8 Å². The fraction of sp³-hybridized carbons (Fsp3) is 0.462. The van der Waals surface area contributed by atoms with Gasteiger partial charge in [0.1, 0.15) is 17.3 Å². The molecule has 2 aliphatic heterocycles. The van der Waals surface area contributed by atoms with Crippen LogP contribution in [0.3, 0.4) is 0 Å². The number of aromatic hydroxyl groups is 1. The molecule has 2 saturated carbocycles. The molecule has 2 saturated heterocycles. The zero-order chi connectivity index (χ0) is 34.4. The lowest BCUT2D eigenvalue weighted by molar-refractivity contribution is 0.0342. The number of Topliss-reactive ketones (excluding diaryl/α,β-unsaturated/α-hetero) is 1. The van der Waals surface area contributed by atoms with E-state index in [9.17, 15) is 14.3 Å². The largest absolute Gasteiger partial charge is 0.508 e. The summed E-state index contributed by atoms with van der Waals surface area (Å²) < 4.78 is 28.2. The first kappa shape index (κ1) is 33.0. The third-order valence-electron chi connectivity index (χ3n) is 11.3. The van der Waals surface area contributed by atoms with E-state index in [2.05, 4.69) is 38.6 Å². The average Bonchev–Trinajstić information content (AvgIpc) is 4.02. The van der Waals surface area contributed by atoms with Gasteiger partial charge in [-0.3, -0.25) is 14.4 Å². The lowest BCUT2D eigenvalue weighted by atomic mass is 9.81. The predicted octanol–water partition coefficient (Wildman–Crippen LogP) is 5.52. The lowest BCUT2D eigenvalue weighted by Gasteiger charge is -2.30. The predicted molar refractivity (Wildman–Crippen MR) is 187 cm³/mol. The third-order valence-corrected chi connectivity index (χ3v) is 11.3. The zero-order valence-corrected chi connectivity index (χ0v) is 28.7. The summed E-state index contributed by atoms with van der Waals surface area (Å²) in [5, 5.41) is 22.0. The van der Waals surface area contributed by atoms with E-state index in [1.807, 2.05) is 36.0 Å². The van der Waals surface area contributed by atoms with Crippen molar-refractivity contribution in [2.75, 3.05) is 26.3 Å². The molecule has 4 heterocycles. The molecule has 3 N–H and O–H groups in total. The van der Waals surface area contributed by atoms with E-state index >= 15 is 0 Å². The minimum absolute atomic E-state index is 0.0976. The van der Waals surface area contributed by atoms with E-state index in [4.69, 9.17) is 9.47 Å². The molecule has 2 aromatic heterocycles. The van der Waals surface area contributed by atoms with Crippen molar-refractivity contribution in [2.45, 2.75) is 70.2 Å². The number of ketones is 1. The molecule has 2 aliphatic carbocycles. The number of aryl methyl sites for hydroxylation is 2. The molecule has 0 amide bonds. The Hall–Kier alpha value is -4.16. The van der Waals surface area contributed by atoms with Crippen LogP contribution >= 0.6 is 0 Å². The second-order valence-corrected chi connectivity index (χ2v) is 14.6. The Morgan fingerprint density at radius 3 is 2.74 bits per heavy atom. The summed E-state index contributed by atoms with van der Waals surface area (Å²) in [7, 11) is 1.97. The second-order valence-electron chi connectivity index (χ2n) is 14.6. The average molecular weight is 681 g/mol. The maximum atomic E-state index is 14.5. The van der Waals surface area contributed by atoms with E-state index in [1.54, 1.807) is 18.2 Å². The first-order valence-electron chi connectivity index (χ1n) is 17.8. The summed E-state index contributed by atoms with van der Waals surface area (Å²) in [5.74, 6) is 0.506. The van der Waals surface area contributed by atoms with Gasteiger partial charge in [0, 0.05) is 51.0 Å². The highest BCUT2D eigenvalue weighted by Crippen LogP contribution is 2.65. The molecule has 3 unspecified atom stereocenters. The van der Waals surface area contributed by atoms with Gasteiger partial charge in [-0.1, -0.05) is 18.2 Å². The van der Waals surface area contributed by atoms with Gasteiger partial charge in [-0.05, 0) is 103 Å². The first-order chi connectivity index (χ1) is 24.2. The van der Waals surface area contributed by atoms with Crippen LogP contribution in [0.2, 0.25) is 0 Å². The maximum absolute atomic E-state index is 14.5. The van der Waals surface area contributed by atoms with Crippen LogP contribution in [-0.2, 0) is 24.9 Å². The van der Waals surface area contributed by atoms with Crippen molar-refractivity contribution in [3.8, 4) is 28.5 Å². The van der Waals surface area contributed by atoms with Crippen LogP contribution in [0.1, 0.15) is 59.4 Å². The molecule has 0 bridgehead atoms. The molecule has 3 atom stereocenters. The molecule has 10 nitrogen and oxygen atoms in total. The Morgan fingerprint density at radius 1 is 1.14 bits per heavy atom. The minimum Gasteiger partial charge on any atom is -0.508 e. The molecule has 2 aromatic carbocycles. The fourth-order valence-electron chi connectivity index (χ4n) is 8.25. The number of hydrogen-bond acceptors (Lipinski definition) is 9. The van der Waals surface area contributed by atoms with Crippen LogP contribution in [0.5, 0.6) is 17.4 Å². The quantitative estimate of drug-likeness (QED) is 0.139. The van der Waals surface area contributed by atoms with E-state index in [0.29, 0.717) is 42.9 Å². The molecule has 0 radical (unpaired) electrons. The standard InChI is InChI=1S/C39H45FN6O4/c1-24-16-29(44-45(24)2)22-41-28-8-10-39(11-9-28)20-34(39)35-36(43-35)37(48)33-19-27(40)21-42-38(33)50-31-5-3-4-25(18-31)32-7-6-30(47)17-26(32)23-46-12-14-49-15-13-46/h3-7,16-19,21,28,34-36,41,43,47H,8-15,20,22-23H2,1-2H3. The highest BCUT2D eigenvalue weighted by atomic mass is 19.1. The zero-order valence-electron chi connectivity index (χ0n) is 28.7. The van der Waals surface area contributed by atoms with Crippen molar-refractivity contribution >= 4 is 5.78 Å². The van der Waals surface area contributed by atoms with Gasteiger partial charge in [-0.2, -0.15) is 5.10 Å². The summed E-state index contributed by atoms with van der Waals surface area (Å²) in [4.78, 5) is 20.4. The van der Waals surface area contributed by atoms with Crippen LogP contribution in [0.4, 0.5) is 4.39 Å².